The molecule has 6 radical (unpaired) electrons. The van der Waals surface area contributed by atoms with Gasteiger partial charge in [0, 0.05) is 63.9 Å². The van der Waals surface area contributed by atoms with Crippen molar-refractivity contribution in [3.63, 3.8) is 0 Å². The second-order valence-electron chi connectivity index (χ2n) is 0. The molecule has 0 bridgehead atoms. The van der Waals surface area contributed by atoms with Crippen molar-refractivity contribution in [2.24, 2.45) is 0 Å². The normalized spacial score (nSPS) is 0. The Balaban J connectivity index is 0. The molecule has 0 aliphatic heterocycles. The van der Waals surface area contributed by atoms with Gasteiger partial charge in [0.25, 0.3) is 0 Å². The van der Waals surface area contributed by atoms with Crippen molar-refractivity contribution in [1.29, 1.82) is 0 Å². The molecule has 0 saturated carbocycles. The van der Waals surface area contributed by atoms with Crippen LogP contribution in [0.25, 0.3) is 0 Å². The first-order valence-corrected chi connectivity index (χ1v) is 0. The fourth-order valence-corrected chi connectivity index (χ4v) is 0. The Morgan fingerprint density at radius 2 is 1.00 bits per heavy atom. The zero-order valence-corrected chi connectivity index (χ0v) is 8.41. The Labute approximate surface area is 76.4 Å². The van der Waals surface area contributed by atoms with E-state index in [1.165, 1.54) is 0 Å². The van der Waals surface area contributed by atoms with Crippen LogP contribution in [0.4, 0.5) is 0 Å². The molecule has 0 nitrogen and oxygen atoms in total. The summed E-state index contributed by atoms with van der Waals surface area (Å²) >= 11 is 0. The predicted molar refractivity (Wildman–Crippen MR) is 21.9 cm³/mol. The van der Waals surface area contributed by atoms with Crippen molar-refractivity contribution in [2.75, 3.05) is 0 Å². The van der Waals surface area contributed by atoms with Crippen molar-refractivity contribution >= 4 is 55.0 Å². The molecule has 0 rings (SSSR count). The molecule has 4 heteroatoms. The van der Waals surface area contributed by atoms with E-state index >= 15 is 0 Å². The fourth-order valence-electron chi connectivity index (χ4n) is 0. The van der Waals surface area contributed by atoms with E-state index in [1.807, 2.05) is 0 Å². The summed E-state index contributed by atoms with van der Waals surface area (Å²) in [6, 6.07) is 0. The van der Waals surface area contributed by atoms with Crippen LogP contribution in [0.5, 0.6) is 0 Å². The van der Waals surface area contributed by atoms with Gasteiger partial charge in [0.15, 0.2) is 0 Å². The average molecular weight is 343 g/mol. The second-order valence-corrected chi connectivity index (χ2v) is 0. The van der Waals surface area contributed by atoms with Crippen LogP contribution in [0, 0.1) is 0 Å². The summed E-state index contributed by atoms with van der Waals surface area (Å²) in [5.74, 6) is 0. The summed E-state index contributed by atoms with van der Waals surface area (Å²) in [6.07, 6.45) is 0. The third-order valence-corrected chi connectivity index (χ3v) is 0. The molecule has 0 fully saturated rings. The van der Waals surface area contributed by atoms with Gasteiger partial charge in [-0.3, -0.25) is 0 Å². The van der Waals surface area contributed by atoms with E-state index < -0.39 is 0 Å². The topological polar surface area (TPSA) is 0 Å². The SMILES string of the molecule is S.[Ag].[Sb].[Se]. The van der Waals surface area contributed by atoms with Crippen LogP contribution in [-0.4, -0.2) is 41.5 Å². The Morgan fingerprint density at radius 3 is 1.00 bits per heavy atom. The Kier molecular flexibility index (Phi) is 145. The first-order valence-electron chi connectivity index (χ1n) is 0. The Morgan fingerprint density at radius 1 is 1.00 bits per heavy atom. The molecule has 0 saturated heterocycles. The summed E-state index contributed by atoms with van der Waals surface area (Å²) in [7, 11) is 0. The van der Waals surface area contributed by atoms with Crippen molar-refractivity contribution in [2.45, 2.75) is 0 Å². The van der Waals surface area contributed by atoms with E-state index in [2.05, 4.69) is 0 Å². The molecular formula is H2AgSSbSe. The van der Waals surface area contributed by atoms with Crippen molar-refractivity contribution in [1.82, 2.24) is 0 Å². The minimum absolute atomic E-state index is 0. The van der Waals surface area contributed by atoms with Gasteiger partial charge in [0.05, 0.1) is 0 Å². The third kappa shape index (κ3) is 8.83. The molecule has 0 spiro atoms. The van der Waals surface area contributed by atoms with E-state index in [-0.39, 0.29) is 77.4 Å². The van der Waals surface area contributed by atoms with Gasteiger partial charge in [-0.15, -0.1) is 0 Å². The monoisotopic (exact) mass is 342 g/mol. The maximum atomic E-state index is 0. The van der Waals surface area contributed by atoms with E-state index in [0.717, 1.165) is 0 Å². The summed E-state index contributed by atoms with van der Waals surface area (Å²) < 4.78 is 0. The summed E-state index contributed by atoms with van der Waals surface area (Å²) in [6.45, 7) is 0. The van der Waals surface area contributed by atoms with Gasteiger partial charge in [0.1, 0.15) is 0 Å². The summed E-state index contributed by atoms with van der Waals surface area (Å²) in [5, 5.41) is 0. The van der Waals surface area contributed by atoms with Gasteiger partial charge in [0.2, 0.25) is 0 Å². The molecule has 0 aromatic heterocycles. The zero-order valence-electron chi connectivity index (χ0n) is 1.66. The molecule has 0 heterocycles. The third-order valence-electron chi connectivity index (χ3n) is 0. The molecule has 0 unspecified atom stereocenters. The second kappa shape index (κ2) is 18.1. The first kappa shape index (κ1) is 32.1. The molecule has 0 atom stereocenters. The average Bonchev–Trinajstić information content (AvgIpc) is 0. The number of hydrogen-bond donors (Lipinski definition) is 0. The van der Waals surface area contributed by atoms with Crippen LogP contribution in [0.3, 0.4) is 0 Å². The molecule has 0 amide bonds. The first-order chi connectivity index (χ1) is 0. The van der Waals surface area contributed by atoms with Crippen molar-refractivity contribution < 1.29 is 22.4 Å². The van der Waals surface area contributed by atoms with Gasteiger partial charge in [-0.2, -0.15) is 13.5 Å². The zero-order chi connectivity index (χ0) is 0. The fraction of sp³-hybridized carbons (Fsp3) is 0. The Hall–Kier alpha value is 2.43. The maximum absolute atomic E-state index is 0. The molecule has 0 aromatic carbocycles. The van der Waals surface area contributed by atoms with Crippen LogP contribution in [0.1, 0.15) is 0 Å². The smallest absolute Gasteiger partial charge is 0 e. The summed E-state index contributed by atoms with van der Waals surface area (Å²) in [4.78, 5) is 0. The van der Waals surface area contributed by atoms with E-state index in [0.29, 0.717) is 0 Å². The van der Waals surface area contributed by atoms with Gasteiger partial charge in [-0.25, -0.2) is 0 Å². The van der Waals surface area contributed by atoms with Crippen LogP contribution >= 0.6 is 13.5 Å². The van der Waals surface area contributed by atoms with Crippen LogP contribution in [0.15, 0.2) is 0 Å². The van der Waals surface area contributed by atoms with Gasteiger partial charge in [-0.05, 0) is 0 Å². The van der Waals surface area contributed by atoms with Crippen LogP contribution in [-0.2, 0) is 22.4 Å². The minimum Gasteiger partial charge on any atom is -0.197 e. The summed E-state index contributed by atoms with van der Waals surface area (Å²) in [5.41, 5.74) is 0. The predicted octanol–water partition coefficient (Wildman–Crippen LogP) is -0.651. The van der Waals surface area contributed by atoms with Gasteiger partial charge < -0.3 is 0 Å². The van der Waals surface area contributed by atoms with Crippen LogP contribution in [0.2, 0.25) is 0 Å². The van der Waals surface area contributed by atoms with E-state index in [1.54, 1.807) is 0 Å². The molecule has 0 aliphatic carbocycles. The molecule has 30 valence electrons. The van der Waals surface area contributed by atoms with Crippen molar-refractivity contribution in [3.05, 3.63) is 0 Å². The molecule has 0 aliphatic rings. The van der Waals surface area contributed by atoms with E-state index in [4.69, 9.17) is 0 Å². The molecule has 4 heavy (non-hydrogen) atoms. The number of hydrogen-bond acceptors (Lipinski definition) is 0. The number of rotatable bonds is 0. The van der Waals surface area contributed by atoms with E-state index in [9.17, 15) is 0 Å². The maximum Gasteiger partial charge on any atom is 0 e. The quantitative estimate of drug-likeness (QED) is 0.513. The van der Waals surface area contributed by atoms with Gasteiger partial charge in [-0.1, -0.05) is 0 Å². The van der Waals surface area contributed by atoms with Crippen LogP contribution < -0.4 is 0 Å². The Bertz CT molecular complexity index is 8.00. The standard InChI is InChI=1S/Ag.H2S.Sb.Se/h;1H2;;. The minimum atomic E-state index is 0. The largest absolute Gasteiger partial charge is 0.197 e. The molecule has 0 N–H and O–H groups in total. The van der Waals surface area contributed by atoms with Gasteiger partial charge >= 0.3 is 0 Å². The molecular weight excluding hydrogens is 341 g/mol. The van der Waals surface area contributed by atoms with Crippen molar-refractivity contribution in [3.8, 4) is 0 Å². The molecule has 0 aromatic rings.